The van der Waals surface area contributed by atoms with Crippen molar-refractivity contribution in [1.82, 2.24) is 4.90 Å². The van der Waals surface area contributed by atoms with Crippen molar-refractivity contribution in [3.05, 3.63) is 29.8 Å². The summed E-state index contributed by atoms with van der Waals surface area (Å²) in [4.78, 5) is 2.20. The van der Waals surface area contributed by atoms with Crippen LogP contribution in [-0.4, -0.2) is 63.6 Å². The minimum atomic E-state index is -0.549. The molecular formula is C16H25NO5. The van der Waals surface area contributed by atoms with E-state index in [9.17, 15) is 5.11 Å². The molecule has 2 atom stereocenters. The van der Waals surface area contributed by atoms with E-state index in [2.05, 4.69) is 4.90 Å². The van der Waals surface area contributed by atoms with E-state index in [1.54, 1.807) is 14.2 Å². The first-order valence-corrected chi connectivity index (χ1v) is 7.45. The van der Waals surface area contributed by atoms with Gasteiger partial charge in [0.05, 0.1) is 12.2 Å². The number of benzene rings is 1. The van der Waals surface area contributed by atoms with Crippen LogP contribution in [0.1, 0.15) is 18.1 Å². The number of methoxy groups -OCH3 is 2. The van der Waals surface area contributed by atoms with E-state index in [0.717, 1.165) is 25.1 Å². The molecule has 0 saturated carbocycles. The molecule has 0 amide bonds. The van der Waals surface area contributed by atoms with Gasteiger partial charge in [-0.2, -0.15) is 0 Å². The topological polar surface area (TPSA) is 60.4 Å². The van der Waals surface area contributed by atoms with E-state index in [1.165, 1.54) is 0 Å². The monoisotopic (exact) mass is 311 g/mol. The Labute approximate surface area is 131 Å². The number of hydrogen-bond acceptors (Lipinski definition) is 6. The number of rotatable bonds is 9. The number of hydrogen-bond donors (Lipinski definition) is 1. The van der Waals surface area contributed by atoms with Gasteiger partial charge in [-0.3, -0.25) is 4.90 Å². The Balaban J connectivity index is 1.83. The molecule has 1 N–H and O–H groups in total. The molecule has 1 aliphatic heterocycles. The Morgan fingerprint density at radius 3 is 2.86 bits per heavy atom. The molecule has 1 saturated heterocycles. The molecule has 1 heterocycles. The third-order valence-corrected chi connectivity index (χ3v) is 3.67. The van der Waals surface area contributed by atoms with E-state index in [1.807, 2.05) is 24.3 Å². The second-order valence-electron chi connectivity index (χ2n) is 5.38. The van der Waals surface area contributed by atoms with Gasteiger partial charge in [0.2, 0.25) is 0 Å². The summed E-state index contributed by atoms with van der Waals surface area (Å²) in [5, 5.41) is 10.4. The maximum atomic E-state index is 10.4. The van der Waals surface area contributed by atoms with Crippen LogP contribution < -0.4 is 4.74 Å². The zero-order chi connectivity index (χ0) is 15.8. The SMILES string of the molecule is COCOc1cccc([C@H](O)CN2CC[C@H](OCOC)C2)c1. The van der Waals surface area contributed by atoms with Crippen LogP contribution in [0.2, 0.25) is 0 Å². The minimum absolute atomic E-state index is 0.184. The highest BCUT2D eigenvalue weighted by molar-refractivity contribution is 5.30. The van der Waals surface area contributed by atoms with Gasteiger partial charge in [0.1, 0.15) is 12.5 Å². The number of aliphatic hydroxyl groups is 1. The number of β-amino-alcohol motifs (C(OH)–C–C–N with tert-alkyl or cyclic N) is 1. The molecule has 1 aliphatic rings. The lowest BCUT2D eigenvalue weighted by Crippen LogP contribution is -2.28. The first-order valence-electron chi connectivity index (χ1n) is 7.45. The third kappa shape index (κ3) is 5.23. The van der Waals surface area contributed by atoms with Gasteiger partial charge < -0.3 is 24.1 Å². The second-order valence-corrected chi connectivity index (χ2v) is 5.38. The van der Waals surface area contributed by atoms with Crippen molar-refractivity contribution in [2.75, 3.05) is 47.4 Å². The van der Waals surface area contributed by atoms with Crippen LogP contribution in [0, 0.1) is 0 Å². The lowest BCUT2D eigenvalue weighted by Gasteiger charge is -2.20. The summed E-state index contributed by atoms with van der Waals surface area (Å²) in [5.74, 6) is 0.695. The summed E-state index contributed by atoms with van der Waals surface area (Å²) in [5.41, 5.74) is 0.842. The van der Waals surface area contributed by atoms with E-state index < -0.39 is 6.10 Å². The molecule has 0 aliphatic carbocycles. The van der Waals surface area contributed by atoms with E-state index in [-0.39, 0.29) is 12.9 Å². The average molecular weight is 311 g/mol. The zero-order valence-electron chi connectivity index (χ0n) is 13.2. The van der Waals surface area contributed by atoms with Gasteiger partial charge in [-0.05, 0) is 24.1 Å². The van der Waals surface area contributed by atoms with E-state index in [4.69, 9.17) is 18.9 Å². The van der Waals surface area contributed by atoms with Crippen molar-refractivity contribution in [2.24, 2.45) is 0 Å². The molecule has 0 aromatic heterocycles. The van der Waals surface area contributed by atoms with E-state index >= 15 is 0 Å². The van der Waals surface area contributed by atoms with Gasteiger partial charge >= 0.3 is 0 Å². The Kier molecular flexibility index (Phi) is 7.08. The molecule has 22 heavy (non-hydrogen) atoms. The molecule has 6 nitrogen and oxygen atoms in total. The standard InChI is InChI=1S/C16H25NO5/c1-19-11-21-14-5-3-4-13(8-14)16(18)10-17-7-6-15(9-17)22-12-20-2/h3-5,8,15-16,18H,6-7,9-12H2,1-2H3/t15-,16+/m0/s1. The lowest BCUT2D eigenvalue weighted by molar-refractivity contribution is -0.0677. The van der Waals surface area contributed by atoms with Crippen LogP contribution >= 0.6 is 0 Å². The fraction of sp³-hybridized carbons (Fsp3) is 0.625. The lowest BCUT2D eigenvalue weighted by atomic mass is 10.1. The Bertz CT molecular complexity index is 442. The third-order valence-electron chi connectivity index (χ3n) is 3.67. The van der Waals surface area contributed by atoms with Gasteiger partial charge in [-0.15, -0.1) is 0 Å². The van der Waals surface area contributed by atoms with Crippen molar-refractivity contribution < 1.29 is 24.1 Å². The Morgan fingerprint density at radius 1 is 1.27 bits per heavy atom. The van der Waals surface area contributed by atoms with Gasteiger partial charge in [0.15, 0.2) is 6.79 Å². The van der Waals surface area contributed by atoms with Crippen LogP contribution in [-0.2, 0) is 14.2 Å². The maximum absolute atomic E-state index is 10.4. The van der Waals surface area contributed by atoms with Gasteiger partial charge in [0, 0.05) is 33.9 Å². The van der Waals surface area contributed by atoms with Gasteiger partial charge in [-0.25, -0.2) is 0 Å². The fourth-order valence-electron chi connectivity index (χ4n) is 2.55. The number of nitrogens with zero attached hydrogens (tertiary/aromatic N) is 1. The smallest absolute Gasteiger partial charge is 0.188 e. The summed E-state index contributed by atoms with van der Waals surface area (Å²) in [7, 11) is 3.20. The molecule has 1 aromatic carbocycles. The predicted octanol–water partition coefficient (Wildman–Crippen LogP) is 1.40. The predicted molar refractivity (Wildman–Crippen MR) is 81.7 cm³/mol. The largest absolute Gasteiger partial charge is 0.468 e. The first-order chi connectivity index (χ1) is 10.7. The number of likely N-dealkylation sites (tertiary alicyclic amines) is 1. The molecule has 0 unspecified atom stereocenters. The van der Waals surface area contributed by atoms with E-state index in [0.29, 0.717) is 19.1 Å². The average Bonchev–Trinajstić information content (AvgIpc) is 2.98. The minimum Gasteiger partial charge on any atom is -0.468 e. The molecule has 0 bridgehead atoms. The zero-order valence-corrected chi connectivity index (χ0v) is 13.2. The first kappa shape index (κ1) is 17.2. The van der Waals surface area contributed by atoms with Gasteiger partial charge in [-0.1, -0.05) is 12.1 Å². The molecule has 1 fully saturated rings. The molecule has 6 heteroatoms. The molecule has 124 valence electrons. The summed E-state index contributed by atoms with van der Waals surface area (Å²) >= 11 is 0. The van der Waals surface area contributed by atoms with Gasteiger partial charge in [0.25, 0.3) is 0 Å². The quantitative estimate of drug-likeness (QED) is 0.696. The Hall–Kier alpha value is -1.18. The summed E-state index contributed by atoms with van der Waals surface area (Å²) in [6.45, 7) is 2.84. The second kappa shape index (κ2) is 9.07. The van der Waals surface area contributed by atoms with Crippen molar-refractivity contribution in [2.45, 2.75) is 18.6 Å². The van der Waals surface area contributed by atoms with Crippen LogP contribution in [0.15, 0.2) is 24.3 Å². The summed E-state index contributed by atoms with van der Waals surface area (Å²) in [6, 6.07) is 7.47. The van der Waals surface area contributed by atoms with Crippen LogP contribution in [0.3, 0.4) is 0 Å². The fourth-order valence-corrected chi connectivity index (χ4v) is 2.55. The highest BCUT2D eigenvalue weighted by Crippen LogP contribution is 2.22. The van der Waals surface area contributed by atoms with Crippen LogP contribution in [0.4, 0.5) is 0 Å². The molecule has 1 aromatic rings. The molecule has 2 rings (SSSR count). The van der Waals surface area contributed by atoms with Crippen LogP contribution in [0.5, 0.6) is 5.75 Å². The maximum Gasteiger partial charge on any atom is 0.188 e. The Morgan fingerprint density at radius 2 is 2.09 bits per heavy atom. The van der Waals surface area contributed by atoms with Crippen molar-refractivity contribution in [3.63, 3.8) is 0 Å². The highest BCUT2D eigenvalue weighted by atomic mass is 16.7. The van der Waals surface area contributed by atoms with Crippen molar-refractivity contribution in [1.29, 1.82) is 0 Å². The number of ether oxygens (including phenoxy) is 4. The summed E-state index contributed by atoms with van der Waals surface area (Å²) in [6.07, 6.45) is 0.600. The molecule has 0 spiro atoms. The number of aliphatic hydroxyl groups excluding tert-OH is 1. The molecular weight excluding hydrogens is 286 g/mol. The highest BCUT2D eigenvalue weighted by Gasteiger charge is 2.25. The molecule has 0 radical (unpaired) electrons. The summed E-state index contributed by atoms with van der Waals surface area (Å²) < 4.78 is 20.8. The van der Waals surface area contributed by atoms with Crippen molar-refractivity contribution >= 4 is 0 Å². The van der Waals surface area contributed by atoms with Crippen molar-refractivity contribution in [3.8, 4) is 5.75 Å². The van der Waals surface area contributed by atoms with Crippen LogP contribution in [0.25, 0.3) is 0 Å². The normalized spacial score (nSPS) is 20.2.